The molecule has 1 aliphatic heterocycles. The maximum absolute atomic E-state index is 12.5. The van der Waals surface area contributed by atoms with Gasteiger partial charge in [0.15, 0.2) is 5.96 Å². The molecule has 2 atom stereocenters. The van der Waals surface area contributed by atoms with E-state index in [9.17, 15) is 8.78 Å². The topological polar surface area (TPSA) is 39.7 Å². The van der Waals surface area contributed by atoms with Crippen LogP contribution in [0.25, 0.3) is 0 Å². The van der Waals surface area contributed by atoms with Crippen molar-refractivity contribution in [2.45, 2.75) is 50.6 Å². The molecule has 26 heavy (non-hydrogen) atoms. The maximum atomic E-state index is 12.5. The summed E-state index contributed by atoms with van der Waals surface area (Å²) in [6, 6.07) is 8.66. The van der Waals surface area contributed by atoms with E-state index in [0.717, 1.165) is 30.2 Å². The molecule has 2 aliphatic rings. The molecule has 0 bridgehead atoms. The Kier molecular flexibility index (Phi) is 6.70. The van der Waals surface area contributed by atoms with Gasteiger partial charge in [0.2, 0.25) is 0 Å². The number of rotatable bonds is 6. The lowest BCUT2D eigenvalue weighted by Crippen LogP contribution is -2.50. The van der Waals surface area contributed by atoms with Crippen molar-refractivity contribution >= 4 is 17.6 Å². The van der Waals surface area contributed by atoms with Gasteiger partial charge in [-0.15, -0.1) is 0 Å². The minimum atomic E-state index is -2.25. The van der Waals surface area contributed by atoms with Crippen LogP contribution in [0.15, 0.2) is 29.3 Å². The van der Waals surface area contributed by atoms with E-state index in [1.807, 2.05) is 30.0 Å². The predicted molar refractivity (Wildman–Crippen MR) is 102 cm³/mol. The van der Waals surface area contributed by atoms with Gasteiger partial charge < -0.3 is 10.6 Å². The summed E-state index contributed by atoms with van der Waals surface area (Å²) in [7, 11) is 0. The number of aliphatic imine (C=N–C) groups is 1. The van der Waals surface area contributed by atoms with E-state index in [-0.39, 0.29) is 12.6 Å². The predicted octanol–water partition coefficient (Wildman–Crippen LogP) is 3.48. The van der Waals surface area contributed by atoms with Crippen molar-refractivity contribution in [1.82, 2.24) is 15.5 Å². The van der Waals surface area contributed by atoms with Crippen molar-refractivity contribution in [3.63, 3.8) is 0 Å². The molecule has 0 spiro atoms. The van der Waals surface area contributed by atoms with Crippen LogP contribution in [0, 0.1) is 0 Å². The molecule has 1 aromatic rings. The molecule has 1 aliphatic carbocycles. The fraction of sp³-hybridized carbons (Fsp3) is 0.632. The zero-order valence-corrected chi connectivity index (χ0v) is 15.9. The van der Waals surface area contributed by atoms with E-state index in [4.69, 9.17) is 11.6 Å². The number of alkyl halides is 2. The van der Waals surface area contributed by atoms with Crippen LogP contribution in [0.3, 0.4) is 0 Å². The SMILES string of the molecule is CCN=C(NC1CCN(CC(F)F)CC1)NC1CC1c1cccc(Cl)c1. The van der Waals surface area contributed by atoms with Gasteiger partial charge in [-0.2, -0.15) is 0 Å². The fourth-order valence-electron chi connectivity index (χ4n) is 3.58. The summed E-state index contributed by atoms with van der Waals surface area (Å²) in [6.45, 7) is 4.00. The molecule has 1 saturated carbocycles. The van der Waals surface area contributed by atoms with Gasteiger partial charge in [-0.1, -0.05) is 23.7 Å². The molecule has 0 aromatic heterocycles. The standard InChI is InChI=1S/C19H27ClF2N4/c1-2-23-19(24-15-6-8-26(9-7-15)12-18(21)22)25-17-11-16(17)13-4-3-5-14(20)10-13/h3-5,10,15-18H,2,6-9,11-12H2,1H3,(H2,23,24,25). The van der Waals surface area contributed by atoms with Crippen molar-refractivity contribution in [1.29, 1.82) is 0 Å². The highest BCUT2D eigenvalue weighted by atomic mass is 35.5. The van der Waals surface area contributed by atoms with Gasteiger partial charge in [0.1, 0.15) is 0 Å². The van der Waals surface area contributed by atoms with Crippen molar-refractivity contribution in [3.05, 3.63) is 34.9 Å². The fourth-order valence-corrected chi connectivity index (χ4v) is 3.77. The first-order valence-corrected chi connectivity index (χ1v) is 9.76. The van der Waals surface area contributed by atoms with Crippen molar-refractivity contribution in [3.8, 4) is 0 Å². The Morgan fingerprint density at radius 1 is 1.31 bits per heavy atom. The van der Waals surface area contributed by atoms with Crippen LogP contribution in [0.5, 0.6) is 0 Å². The third-order valence-corrected chi connectivity index (χ3v) is 5.27. The largest absolute Gasteiger partial charge is 0.354 e. The molecule has 1 saturated heterocycles. The van der Waals surface area contributed by atoms with E-state index >= 15 is 0 Å². The minimum absolute atomic E-state index is 0.121. The Balaban J connectivity index is 1.48. The first-order valence-electron chi connectivity index (χ1n) is 9.38. The molecule has 0 amide bonds. The molecule has 2 fully saturated rings. The lowest BCUT2D eigenvalue weighted by molar-refractivity contribution is 0.0744. The van der Waals surface area contributed by atoms with Gasteiger partial charge >= 0.3 is 0 Å². The molecule has 3 rings (SSSR count). The summed E-state index contributed by atoms with van der Waals surface area (Å²) in [6.07, 6.45) is 0.535. The second-order valence-corrected chi connectivity index (χ2v) is 7.52. The summed E-state index contributed by atoms with van der Waals surface area (Å²) < 4.78 is 25.0. The molecule has 7 heteroatoms. The van der Waals surface area contributed by atoms with Gasteiger partial charge in [-0.25, -0.2) is 8.78 Å². The molecule has 2 unspecified atom stereocenters. The number of nitrogens with one attached hydrogen (secondary N) is 2. The van der Waals surface area contributed by atoms with Gasteiger partial charge in [-0.3, -0.25) is 9.89 Å². The number of hydrogen-bond donors (Lipinski definition) is 2. The van der Waals surface area contributed by atoms with Crippen molar-refractivity contribution in [2.75, 3.05) is 26.2 Å². The molecule has 144 valence electrons. The Hall–Kier alpha value is -1.40. The van der Waals surface area contributed by atoms with Crippen molar-refractivity contribution < 1.29 is 8.78 Å². The van der Waals surface area contributed by atoms with Gasteiger partial charge in [0.25, 0.3) is 6.43 Å². The van der Waals surface area contributed by atoms with Gasteiger partial charge in [0, 0.05) is 42.7 Å². The van der Waals surface area contributed by atoms with Crippen molar-refractivity contribution in [2.24, 2.45) is 4.99 Å². The number of halogens is 3. The smallest absolute Gasteiger partial charge is 0.251 e. The number of benzene rings is 1. The maximum Gasteiger partial charge on any atom is 0.251 e. The van der Waals surface area contributed by atoms with Crippen LogP contribution < -0.4 is 10.6 Å². The van der Waals surface area contributed by atoms with Crippen LogP contribution >= 0.6 is 11.6 Å². The Morgan fingerprint density at radius 2 is 2.08 bits per heavy atom. The average Bonchev–Trinajstić information content (AvgIpc) is 3.35. The van der Waals surface area contributed by atoms with E-state index in [2.05, 4.69) is 21.7 Å². The normalized spacial score (nSPS) is 24.7. The molecule has 4 nitrogen and oxygen atoms in total. The number of guanidine groups is 1. The molecule has 2 N–H and O–H groups in total. The third kappa shape index (κ3) is 5.55. The summed E-state index contributed by atoms with van der Waals surface area (Å²) in [5.74, 6) is 1.29. The Bertz CT molecular complexity index is 617. The molecular weight excluding hydrogens is 358 g/mol. The van der Waals surface area contributed by atoms with E-state index in [1.165, 1.54) is 5.56 Å². The minimum Gasteiger partial charge on any atom is -0.354 e. The highest BCUT2D eigenvalue weighted by molar-refractivity contribution is 6.30. The second-order valence-electron chi connectivity index (χ2n) is 7.08. The van der Waals surface area contributed by atoms with Crippen LogP contribution in [-0.4, -0.2) is 55.5 Å². The summed E-state index contributed by atoms with van der Waals surface area (Å²) in [5, 5.41) is 7.76. The van der Waals surface area contributed by atoms with E-state index < -0.39 is 6.43 Å². The Morgan fingerprint density at radius 3 is 2.73 bits per heavy atom. The number of likely N-dealkylation sites (tertiary alicyclic amines) is 1. The number of nitrogens with zero attached hydrogens (tertiary/aromatic N) is 2. The van der Waals surface area contributed by atoms with E-state index in [0.29, 0.717) is 31.6 Å². The van der Waals surface area contributed by atoms with Crippen LogP contribution in [-0.2, 0) is 0 Å². The zero-order chi connectivity index (χ0) is 18.5. The zero-order valence-electron chi connectivity index (χ0n) is 15.1. The molecule has 1 aromatic carbocycles. The quantitative estimate of drug-likeness (QED) is 0.582. The van der Waals surface area contributed by atoms with Crippen LogP contribution in [0.1, 0.15) is 37.7 Å². The second kappa shape index (κ2) is 9.00. The highest BCUT2D eigenvalue weighted by Crippen LogP contribution is 2.41. The number of hydrogen-bond acceptors (Lipinski definition) is 2. The molecule has 0 radical (unpaired) electrons. The monoisotopic (exact) mass is 384 g/mol. The first-order chi connectivity index (χ1) is 12.5. The lowest BCUT2D eigenvalue weighted by Gasteiger charge is -2.32. The van der Waals surface area contributed by atoms with Gasteiger partial charge in [0.05, 0.1) is 6.54 Å². The molecule has 1 heterocycles. The van der Waals surface area contributed by atoms with Gasteiger partial charge in [-0.05, 0) is 43.9 Å². The summed E-state index contributed by atoms with van der Waals surface area (Å²) >= 11 is 6.08. The number of piperidine rings is 1. The third-order valence-electron chi connectivity index (χ3n) is 5.03. The summed E-state index contributed by atoms with van der Waals surface area (Å²) in [5.41, 5.74) is 1.26. The molecular formula is C19H27ClF2N4. The lowest BCUT2D eigenvalue weighted by atomic mass is 10.1. The van der Waals surface area contributed by atoms with E-state index in [1.54, 1.807) is 0 Å². The Labute approximate surface area is 159 Å². The van der Waals surface area contributed by atoms with Crippen LogP contribution in [0.4, 0.5) is 8.78 Å². The average molecular weight is 385 g/mol. The first kappa shape index (κ1) is 19.4. The summed E-state index contributed by atoms with van der Waals surface area (Å²) in [4.78, 5) is 6.38. The van der Waals surface area contributed by atoms with Crippen LogP contribution in [0.2, 0.25) is 5.02 Å². The highest BCUT2D eigenvalue weighted by Gasteiger charge is 2.39.